The number of esters is 1. The lowest BCUT2D eigenvalue weighted by Gasteiger charge is -1.96. The molecule has 0 atom stereocenters. The highest BCUT2D eigenvalue weighted by Gasteiger charge is 2.15. The van der Waals surface area contributed by atoms with E-state index in [1.54, 1.807) is 43.3 Å². The predicted molar refractivity (Wildman–Crippen MR) is 111 cm³/mol. The quantitative estimate of drug-likeness (QED) is 0.378. The molecule has 0 N–H and O–H groups in total. The molecule has 0 radical (unpaired) electrons. The van der Waals surface area contributed by atoms with E-state index in [0.717, 1.165) is 11.1 Å². The van der Waals surface area contributed by atoms with Crippen LogP contribution in [0.2, 0.25) is 10.0 Å². The van der Waals surface area contributed by atoms with Gasteiger partial charge in [0, 0.05) is 16.5 Å². The number of nitrogens with zero attached hydrogens (tertiary/aromatic N) is 2. The first-order valence-electron chi connectivity index (χ1n) is 8.54. The molecule has 0 aliphatic rings. The molecule has 2 aromatic carbocycles. The van der Waals surface area contributed by atoms with Crippen molar-refractivity contribution >= 4 is 46.0 Å². The lowest BCUT2D eigenvalue weighted by Crippen LogP contribution is -2.06. The Balaban J connectivity index is 0.000000234. The Labute approximate surface area is 182 Å². The molecule has 3 rings (SSSR count). The van der Waals surface area contributed by atoms with Crippen LogP contribution in [0.25, 0.3) is 0 Å². The fourth-order valence-electron chi connectivity index (χ4n) is 2.14. The molecule has 0 unspecified atom stereocenters. The molecule has 1 aromatic heterocycles. The second kappa shape index (κ2) is 11.6. The van der Waals surface area contributed by atoms with Crippen LogP contribution in [-0.4, -0.2) is 28.0 Å². The Hall–Kier alpha value is -2.41. The van der Waals surface area contributed by atoms with E-state index in [4.69, 9.17) is 44.1 Å². The van der Waals surface area contributed by atoms with Crippen LogP contribution in [0.4, 0.5) is 0 Å². The SMILES string of the molecule is CCOC(=O)c1noc(Cc2ccc(Cl)cc2)n1.O=C(Cl)Cc1ccc(Cl)cc1. The molecule has 0 aliphatic carbocycles. The van der Waals surface area contributed by atoms with E-state index in [0.29, 0.717) is 22.4 Å². The molecule has 9 heteroatoms. The van der Waals surface area contributed by atoms with Gasteiger partial charge in [-0.2, -0.15) is 4.98 Å². The zero-order chi connectivity index (χ0) is 21.2. The Morgan fingerprint density at radius 1 is 0.966 bits per heavy atom. The first-order chi connectivity index (χ1) is 13.9. The van der Waals surface area contributed by atoms with Gasteiger partial charge in [0.15, 0.2) is 0 Å². The van der Waals surface area contributed by atoms with Crippen molar-refractivity contribution in [1.29, 1.82) is 0 Å². The van der Waals surface area contributed by atoms with Crippen LogP contribution < -0.4 is 0 Å². The molecule has 152 valence electrons. The lowest BCUT2D eigenvalue weighted by atomic mass is 10.1. The minimum atomic E-state index is -0.580. The normalized spacial score (nSPS) is 10.1. The molecular weight excluding hydrogens is 439 g/mol. The highest BCUT2D eigenvalue weighted by molar-refractivity contribution is 6.63. The minimum Gasteiger partial charge on any atom is -0.460 e. The fraction of sp³-hybridized carbons (Fsp3) is 0.200. The monoisotopic (exact) mass is 454 g/mol. The number of carbonyl (C=O) groups is 2. The summed E-state index contributed by atoms with van der Waals surface area (Å²) in [5.41, 5.74) is 1.85. The van der Waals surface area contributed by atoms with Crippen LogP contribution >= 0.6 is 34.8 Å². The average molecular weight is 456 g/mol. The van der Waals surface area contributed by atoms with Crippen molar-refractivity contribution in [2.75, 3.05) is 6.61 Å². The highest BCUT2D eigenvalue weighted by atomic mass is 35.5. The van der Waals surface area contributed by atoms with Crippen LogP contribution in [0.15, 0.2) is 53.1 Å². The fourth-order valence-corrected chi connectivity index (χ4v) is 2.55. The molecule has 0 bridgehead atoms. The maximum Gasteiger partial charge on any atom is 0.379 e. The van der Waals surface area contributed by atoms with Gasteiger partial charge in [-0.1, -0.05) is 47.5 Å². The second-order valence-electron chi connectivity index (χ2n) is 5.69. The van der Waals surface area contributed by atoms with E-state index in [2.05, 4.69) is 10.1 Å². The summed E-state index contributed by atoms with van der Waals surface area (Å²) in [5, 5.41) is 4.53. The van der Waals surface area contributed by atoms with E-state index in [-0.39, 0.29) is 24.1 Å². The highest BCUT2D eigenvalue weighted by Crippen LogP contribution is 2.13. The third kappa shape index (κ3) is 8.23. The molecular formula is C20H17Cl3N2O4. The summed E-state index contributed by atoms with van der Waals surface area (Å²) in [4.78, 5) is 25.7. The predicted octanol–water partition coefficient (Wildman–Crippen LogP) is 5.14. The molecule has 0 aliphatic heterocycles. The Morgan fingerprint density at radius 3 is 2.03 bits per heavy atom. The number of ether oxygens (including phenoxy) is 1. The number of halogens is 3. The molecule has 0 saturated carbocycles. The summed E-state index contributed by atoms with van der Waals surface area (Å²) in [7, 11) is 0. The van der Waals surface area contributed by atoms with E-state index in [9.17, 15) is 9.59 Å². The summed E-state index contributed by atoms with van der Waals surface area (Å²) in [5.74, 6) is -0.273. The topological polar surface area (TPSA) is 82.3 Å². The van der Waals surface area contributed by atoms with E-state index < -0.39 is 5.97 Å². The summed E-state index contributed by atoms with van der Waals surface area (Å²) in [6.45, 7) is 1.99. The zero-order valence-electron chi connectivity index (χ0n) is 15.4. The number of hydrogen-bond acceptors (Lipinski definition) is 6. The van der Waals surface area contributed by atoms with Gasteiger partial charge in [0.2, 0.25) is 11.1 Å². The van der Waals surface area contributed by atoms with Crippen LogP contribution in [0.1, 0.15) is 34.6 Å². The van der Waals surface area contributed by atoms with Crippen LogP contribution in [0.3, 0.4) is 0 Å². The first kappa shape index (κ1) is 22.9. The van der Waals surface area contributed by atoms with Crippen LogP contribution in [-0.2, 0) is 22.4 Å². The van der Waals surface area contributed by atoms with Crippen molar-refractivity contribution in [3.63, 3.8) is 0 Å². The number of aromatic nitrogens is 2. The lowest BCUT2D eigenvalue weighted by molar-refractivity contribution is -0.111. The average Bonchev–Trinajstić information content (AvgIpc) is 3.15. The maximum atomic E-state index is 11.3. The van der Waals surface area contributed by atoms with Gasteiger partial charge in [0.1, 0.15) is 0 Å². The van der Waals surface area contributed by atoms with Crippen molar-refractivity contribution in [3.8, 4) is 0 Å². The zero-order valence-corrected chi connectivity index (χ0v) is 17.7. The summed E-state index contributed by atoms with van der Waals surface area (Å²) in [6.07, 6.45) is 0.711. The molecule has 29 heavy (non-hydrogen) atoms. The van der Waals surface area contributed by atoms with Gasteiger partial charge in [0.25, 0.3) is 5.82 Å². The van der Waals surface area contributed by atoms with E-state index in [1.165, 1.54) is 0 Å². The second-order valence-corrected chi connectivity index (χ2v) is 6.99. The van der Waals surface area contributed by atoms with Crippen molar-refractivity contribution < 1.29 is 18.8 Å². The Kier molecular flexibility index (Phi) is 9.12. The largest absolute Gasteiger partial charge is 0.460 e. The number of hydrogen-bond donors (Lipinski definition) is 0. The first-order valence-corrected chi connectivity index (χ1v) is 9.67. The van der Waals surface area contributed by atoms with Gasteiger partial charge >= 0.3 is 5.97 Å². The smallest absolute Gasteiger partial charge is 0.379 e. The third-order valence-corrected chi connectivity index (χ3v) is 4.09. The number of rotatable bonds is 6. The van der Waals surface area contributed by atoms with Gasteiger partial charge in [-0.05, 0) is 59.1 Å². The van der Waals surface area contributed by atoms with Crippen molar-refractivity contribution in [1.82, 2.24) is 10.1 Å². The van der Waals surface area contributed by atoms with Crippen molar-refractivity contribution in [2.45, 2.75) is 19.8 Å². The molecule has 0 saturated heterocycles. The standard InChI is InChI=1S/C12H11ClN2O3.C8H6Cl2O/c1-2-17-12(16)11-14-10(18-15-11)7-8-3-5-9(13)6-4-8;9-7-3-1-6(2-4-7)5-8(10)11/h3-6H,2,7H2,1H3;1-4H,5H2. The van der Waals surface area contributed by atoms with Crippen molar-refractivity contribution in [3.05, 3.63) is 81.4 Å². The van der Waals surface area contributed by atoms with E-state index >= 15 is 0 Å². The Morgan fingerprint density at radius 2 is 1.52 bits per heavy atom. The van der Waals surface area contributed by atoms with Gasteiger partial charge < -0.3 is 9.26 Å². The van der Waals surface area contributed by atoms with Crippen LogP contribution in [0, 0.1) is 0 Å². The molecule has 1 heterocycles. The summed E-state index contributed by atoms with van der Waals surface area (Å²) in [6, 6.07) is 14.3. The third-order valence-electron chi connectivity index (χ3n) is 3.45. The van der Waals surface area contributed by atoms with E-state index in [1.807, 2.05) is 12.1 Å². The Bertz CT molecular complexity index is 941. The maximum absolute atomic E-state index is 11.3. The molecule has 0 fully saturated rings. The van der Waals surface area contributed by atoms with Gasteiger partial charge in [-0.25, -0.2) is 4.79 Å². The van der Waals surface area contributed by atoms with Gasteiger partial charge in [0.05, 0.1) is 13.0 Å². The summed E-state index contributed by atoms with van der Waals surface area (Å²) >= 11 is 16.6. The van der Waals surface area contributed by atoms with Crippen LogP contribution in [0.5, 0.6) is 0 Å². The minimum absolute atomic E-state index is 0.0548. The molecule has 6 nitrogen and oxygen atoms in total. The summed E-state index contributed by atoms with van der Waals surface area (Å²) < 4.78 is 9.74. The number of carbonyl (C=O) groups excluding carboxylic acids is 2. The molecule has 0 amide bonds. The van der Waals surface area contributed by atoms with Crippen molar-refractivity contribution in [2.24, 2.45) is 0 Å². The van der Waals surface area contributed by atoms with Gasteiger partial charge in [-0.3, -0.25) is 4.79 Å². The number of benzene rings is 2. The molecule has 0 spiro atoms. The van der Waals surface area contributed by atoms with Gasteiger partial charge in [-0.15, -0.1) is 0 Å². The molecule has 3 aromatic rings.